The highest BCUT2D eigenvalue weighted by Crippen LogP contribution is 2.23. The predicted octanol–water partition coefficient (Wildman–Crippen LogP) is 2.08. The number of rotatable bonds is 4. The van der Waals surface area contributed by atoms with Crippen LogP contribution in [0.15, 0.2) is 18.3 Å². The van der Waals surface area contributed by atoms with Crippen molar-refractivity contribution in [3.63, 3.8) is 0 Å². The number of aliphatic hydroxyl groups is 1. The average Bonchev–Trinajstić information content (AvgIpc) is 2.41. The average molecular weight is 259 g/mol. The maximum atomic E-state index is 9.60. The van der Waals surface area contributed by atoms with Gasteiger partial charge in [0.15, 0.2) is 0 Å². The summed E-state index contributed by atoms with van der Waals surface area (Å²) in [5.41, 5.74) is 1.51. The van der Waals surface area contributed by atoms with Crippen LogP contribution < -0.4 is 0 Å². The summed E-state index contributed by atoms with van der Waals surface area (Å²) in [7, 11) is 0. The quantitative estimate of drug-likeness (QED) is 0.899. The van der Waals surface area contributed by atoms with Crippen molar-refractivity contribution in [3.8, 4) is 6.07 Å². The molecule has 1 aromatic heterocycles. The molecule has 2 unspecified atom stereocenters. The molecule has 0 spiro atoms. The zero-order valence-electron chi connectivity index (χ0n) is 11.4. The number of likely N-dealkylation sites (tertiary alicyclic amines) is 1. The molecule has 0 bridgehead atoms. The Kier molecular flexibility index (Phi) is 4.89. The molecule has 0 aliphatic carbocycles. The fraction of sp³-hybridized carbons (Fsp3) is 0.600. The molecule has 4 nitrogen and oxygen atoms in total. The van der Waals surface area contributed by atoms with Crippen LogP contribution in [0.25, 0.3) is 0 Å². The molecule has 1 saturated heterocycles. The molecule has 0 radical (unpaired) electrons. The minimum atomic E-state index is -0.269. The molecule has 2 rings (SSSR count). The van der Waals surface area contributed by atoms with Gasteiger partial charge in [-0.2, -0.15) is 5.26 Å². The number of hydrogen-bond donors (Lipinski definition) is 1. The Hall–Kier alpha value is -1.44. The van der Waals surface area contributed by atoms with Gasteiger partial charge in [-0.1, -0.05) is 12.5 Å². The van der Waals surface area contributed by atoms with E-state index in [0.717, 1.165) is 31.5 Å². The third kappa shape index (κ3) is 3.76. The topological polar surface area (TPSA) is 60.1 Å². The van der Waals surface area contributed by atoms with Crippen molar-refractivity contribution >= 4 is 0 Å². The normalized spacial score (nSPS) is 21.8. The monoisotopic (exact) mass is 259 g/mol. The summed E-state index contributed by atoms with van der Waals surface area (Å²) in [5.74, 6) is 0. The van der Waals surface area contributed by atoms with Crippen LogP contribution in [0.3, 0.4) is 0 Å². The lowest BCUT2D eigenvalue weighted by Crippen LogP contribution is -2.40. The Bertz CT molecular complexity index is 453. The van der Waals surface area contributed by atoms with E-state index in [-0.39, 0.29) is 6.10 Å². The minimum absolute atomic E-state index is 0.269. The first-order valence-corrected chi connectivity index (χ1v) is 6.97. The number of hydrogen-bond acceptors (Lipinski definition) is 4. The summed E-state index contributed by atoms with van der Waals surface area (Å²) in [6.45, 7) is 3.64. The van der Waals surface area contributed by atoms with Gasteiger partial charge >= 0.3 is 0 Å². The largest absolute Gasteiger partial charge is 0.393 e. The van der Waals surface area contributed by atoms with Crippen molar-refractivity contribution in [2.45, 2.75) is 51.3 Å². The van der Waals surface area contributed by atoms with E-state index in [1.165, 1.54) is 12.8 Å². The van der Waals surface area contributed by atoms with Crippen molar-refractivity contribution < 1.29 is 5.11 Å². The molecule has 1 aliphatic heterocycles. The van der Waals surface area contributed by atoms with E-state index in [4.69, 9.17) is 5.26 Å². The lowest BCUT2D eigenvalue weighted by atomic mass is 9.96. The molecule has 0 amide bonds. The molecular formula is C15H21N3O. The van der Waals surface area contributed by atoms with E-state index in [2.05, 4.69) is 16.0 Å². The van der Waals surface area contributed by atoms with Gasteiger partial charge in [0.1, 0.15) is 11.8 Å². The Morgan fingerprint density at radius 1 is 1.58 bits per heavy atom. The fourth-order valence-electron chi connectivity index (χ4n) is 2.81. The Labute approximate surface area is 114 Å². The van der Waals surface area contributed by atoms with Crippen molar-refractivity contribution in [2.24, 2.45) is 0 Å². The summed E-state index contributed by atoms with van der Waals surface area (Å²) in [5, 5.41) is 18.7. The van der Waals surface area contributed by atoms with E-state index < -0.39 is 0 Å². The number of aromatic nitrogens is 1. The van der Waals surface area contributed by atoms with E-state index in [1.54, 1.807) is 6.20 Å². The number of pyridine rings is 1. The van der Waals surface area contributed by atoms with Gasteiger partial charge in [-0.15, -0.1) is 0 Å². The Morgan fingerprint density at radius 2 is 2.42 bits per heavy atom. The number of nitrogens with zero attached hydrogens (tertiary/aromatic N) is 3. The van der Waals surface area contributed by atoms with E-state index in [9.17, 15) is 5.11 Å². The summed E-state index contributed by atoms with van der Waals surface area (Å²) >= 11 is 0. The van der Waals surface area contributed by atoms with Crippen molar-refractivity contribution in [2.75, 3.05) is 6.54 Å². The maximum Gasteiger partial charge on any atom is 0.144 e. The van der Waals surface area contributed by atoms with Gasteiger partial charge in [0, 0.05) is 24.3 Å². The molecular weight excluding hydrogens is 238 g/mol. The number of piperidine rings is 1. The van der Waals surface area contributed by atoms with Gasteiger partial charge in [-0.3, -0.25) is 4.90 Å². The van der Waals surface area contributed by atoms with Gasteiger partial charge in [0.2, 0.25) is 0 Å². The summed E-state index contributed by atoms with van der Waals surface area (Å²) < 4.78 is 0. The van der Waals surface area contributed by atoms with Crippen molar-refractivity contribution in [1.29, 1.82) is 5.26 Å². The highest BCUT2D eigenvalue weighted by atomic mass is 16.3. The molecule has 1 N–H and O–H groups in total. The second-order valence-corrected chi connectivity index (χ2v) is 5.33. The highest BCUT2D eigenvalue weighted by molar-refractivity contribution is 5.30. The molecule has 4 heteroatoms. The zero-order valence-corrected chi connectivity index (χ0v) is 11.4. The van der Waals surface area contributed by atoms with Crippen LogP contribution in [-0.2, 0) is 6.54 Å². The van der Waals surface area contributed by atoms with Gasteiger partial charge < -0.3 is 5.11 Å². The first kappa shape index (κ1) is 14.0. The molecule has 19 heavy (non-hydrogen) atoms. The van der Waals surface area contributed by atoms with Crippen LogP contribution in [0.4, 0.5) is 0 Å². The first-order valence-electron chi connectivity index (χ1n) is 6.97. The van der Waals surface area contributed by atoms with Crippen LogP contribution >= 0.6 is 0 Å². The van der Waals surface area contributed by atoms with Crippen molar-refractivity contribution in [1.82, 2.24) is 9.88 Å². The summed E-state index contributed by atoms with van der Waals surface area (Å²) in [6.07, 6.45) is 5.75. The highest BCUT2D eigenvalue weighted by Gasteiger charge is 2.24. The summed E-state index contributed by atoms with van der Waals surface area (Å²) in [6, 6.07) is 6.42. The number of aliphatic hydroxyl groups excluding tert-OH is 1. The standard InChI is InChI=1S/C15H21N3O/c1-12(19)9-14-6-2-3-8-18(14)11-13-5-4-7-17-15(13)10-16/h4-5,7,12,14,19H,2-3,6,8-9,11H2,1H3. The molecule has 0 saturated carbocycles. The van der Waals surface area contributed by atoms with Crippen LogP contribution in [0.2, 0.25) is 0 Å². The molecule has 2 atom stereocenters. The van der Waals surface area contributed by atoms with Gasteiger partial charge in [-0.25, -0.2) is 4.98 Å². The van der Waals surface area contributed by atoms with Crippen LogP contribution in [0, 0.1) is 11.3 Å². The lowest BCUT2D eigenvalue weighted by molar-refractivity contribution is 0.0816. The molecule has 102 valence electrons. The zero-order chi connectivity index (χ0) is 13.7. The van der Waals surface area contributed by atoms with Gasteiger partial charge in [0.05, 0.1) is 6.10 Å². The van der Waals surface area contributed by atoms with Crippen LogP contribution in [-0.4, -0.2) is 33.7 Å². The molecule has 0 aromatic carbocycles. The molecule has 1 aliphatic rings. The van der Waals surface area contributed by atoms with E-state index in [0.29, 0.717) is 11.7 Å². The van der Waals surface area contributed by atoms with E-state index in [1.807, 2.05) is 19.1 Å². The van der Waals surface area contributed by atoms with Crippen LogP contribution in [0.1, 0.15) is 43.9 Å². The van der Waals surface area contributed by atoms with Crippen LogP contribution in [0.5, 0.6) is 0 Å². The Morgan fingerprint density at radius 3 is 3.16 bits per heavy atom. The maximum absolute atomic E-state index is 9.60. The third-order valence-electron chi connectivity index (χ3n) is 3.73. The minimum Gasteiger partial charge on any atom is -0.393 e. The number of nitriles is 1. The van der Waals surface area contributed by atoms with Gasteiger partial charge in [-0.05, 0) is 38.8 Å². The van der Waals surface area contributed by atoms with Crippen molar-refractivity contribution in [3.05, 3.63) is 29.6 Å². The summed E-state index contributed by atoms with van der Waals surface area (Å²) in [4.78, 5) is 6.49. The first-order chi connectivity index (χ1) is 9.20. The second kappa shape index (κ2) is 6.65. The Balaban J connectivity index is 2.09. The molecule has 2 heterocycles. The lowest BCUT2D eigenvalue weighted by Gasteiger charge is -2.36. The SMILES string of the molecule is CC(O)CC1CCCCN1Cc1cccnc1C#N. The second-order valence-electron chi connectivity index (χ2n) is 5.33. The smallest absolute Gasteiger partial charge is 0.144 e. The predicted molar refractivity (Wildman–Crippen MR) is 73.3 cm³/mol. The molecule has 1 fully saturated rings. The van der Waals surface area contributed by atoms with E-state index >= 15 is 0 Å². The van der Waals surface area contributed by atoms with Gasteiger partial charge in [0.25, 0.3) is 0 Å². The fourth-order valence-corrected chi connectivity index (χ4v) is 2.81. The molecule has 1 aromatic rings. The third-order valence-corrected chi connectivity index (χ3v) is 3.73.